The highest BCUT2D eigenvalue weighted by atomic mass is 31.2. The molecule has 1 rings (SSSR count). The molecule has 22 heavy (non-hydrogen) atoms. The molecule has 1 heterocycles. The van der Waals surface area contributed by atoms with Gasteiger partial charge < -0.3 is 9.80 Å². The first-order valence-electron chi connectivity index (χ1n) is 7.85. The van der Waals surface area contributed by atoms with E-state index in [1.54, 1.807) is 0 Å². The number of hydrogen-bond donors (Lipinski definition) is 0. The van der Waals surface area contributed by atoms with Crippen LogP contribution in [0.1, 0.15) is 54.4 Å². The molecule has 0 N–H and O–H groups in total. The van der Waals surface area contributed by atoms with E-state index in [2.05, 4.69) is 4.76 Å². The molecule has 0 aromatic heterocycles. The summed E-state index contributed by atoms with van der Waals surface area (Å²) in [5.74, 6) is 0.661. The number of nitrogens with zero attached hydrogens (tertiary/aromatic N) is 3. The van der Waals surface area contributed by atoms with Crippen LogP contribution in [0, 0.1) is 0 Å². The lowest BCUT2D eigenvalue weighted by atomic mass is 10.2. The van der Waals surface area contributed by atoms with Gasteiger partial charge in [-0.3, -0.25) is 9.05 Å². The lowest BCUT2D eigenvalue weighted by Gasteiger charge is -2.32. The van der Waals surface area contributed by atoms with Crippen LogP contribution in [-0.4, -0.2) is 54.1 Å². The molecule has 130 valence electrons. The minimum atomic E-state index is -3.62. The van der Waals surface area contributed by atoms with Gasteiger partial charge in [0.05, 0.1) is 11.2 Å². The third kappa shape index (κ3) is 6.67. The van der Waals surface area contributed by atoms with Crippen LogP contribution in [0.5, 0.6) is 0 Å². The van der Waals surface area contributed by atoms with Gasteiger partial charge in [0.15, 0.2) is 0 Å². The van der Waals surface area contributed by atoms with Gasteiger partial charge in [0.1, 0.15) is 0 Å². The molecule has 0 amide bonds. The van der Waals surface area contributed by atoms with Crippen LogP contribution < -0.4 is 0 Å². The van der Waals surface area contributed by atoms with Gasteiger partial charge in [0.25, 0.3) is 0 Å². The Balaban J connectivity index is 3.19. The van der Waals surface area contributed by atoms with Gasteiger partial charge in [-0.2, -0.15) is 0 Å². The molecule has 6 nitrogen and oxygen atoms in total. The quantitative estimate of drug-likeness (QED) is 0.737. The summed E-state index contributed by atoms with van der Waals surface area (Å²) < 4.78 is 29.1. The molecule has 0 spiro atoms. The molecule has 0 aliphatic carbocycles. The van der Waals surface area contributed by atoms with Crippen LogP contribution in [0.25, 0.3) is 0 Å². The highest BCUT2D eigenvalue weighted by Gasteiger charge is 2.37. The standard InChI is InChI=1S/C15H32N3O3P/c1-14(2,3)20-22(19,21-15(4,5)6)16-13-17(7)11-9-10-12-18(13)8/h9-12H2,1-8H3. The van der Waals surface area contributed by atoms with Gasteiger partial charge in [0.2, 0.25) is 5.96 Å². The van der Waals surface area contributed by atoms with Crippen molar-refractivity contribution in [3.8, 4) is 0 Å². The van der Waals surface area contributed by atoms with Crippen LogP contribution in [0.3, 0.4) is 0 Å². The first-order chi connectivity index (χ1) is 9.81. The molecule has 1 saturated heterocycles. The Hall–Kier alpha value is -0.580. The van der Waals surface area contributed by atoms with Crippen molar-refractivity contribution in [2.24, 2.45) is 4.76 Å². The van der Waals surface area contributed by atoms with E-state index < -0.39 is 18.9 Å². The fourth-order valence-corrected chi connectivity index (χ4v) is 4.23. The maximum Gasteiger partial charge on any atom is 0.458 e. The van der Waals surface area contributed by atoms with Crippen molar-refractivity contribution >= 4 is 13.7 Å². The smallest absolute Gasteiger partial charge is 0.345 e. The van der Waals surface area contributed by atoms with Gasteiger partial charge in [-0.1, -0.05) is 0 Å². The highest BCUT2D eigenvalue weighted by Crippen LogP contribution is 2.56. The summed E-state index contributed by atoms with van der Waals surface area (Å²) in [5.41, 5.74) is -1.21. The van der Waals surface area contributed by atoms with Crippen LogP contribution in [0.2, 0.25) is 0 Å². The van der Waals surface area contributed by atoms with Crippen molar-refractivity contribution in [1.82, 2.24) is 9.80 Å². The summed E-state index contributed by atoms with van der Waals surface area (Å²) in [4.78, 5) is 4.02. The molecular formula is C15H32N3O3P. The van der Waals surface area contributed by atoms with Gasteiger partial charge >= 0.3 is 7.75 Å². The monoisotopic (exact) mass is 333 g/mol. The van der Waals surface area contributed by atoms with Crippen molar-refractivity contribution in [1.29, 1.82) is 0 Å². The maximum atomic E-state index is 13.2. The topological polar surface area (TPSA) is 54.4 Å². The van der Waals surface area contributed by atoms with Gasteiger partial charge in [-0.25, -0.2) is 4.57 Å². The van der Waals surface area contributed by atoms with Crippen LogP contribution >= 0.6 is 7.75 Å². The van der Waals surface area contributed by atoms with Crippen LogP contribution in [-0.2, 0) is 13.6 Å². The molecule has 0 aromatic rings. The average Bonchev–Trinajstić information content (AvgIpc) is 2.38. The fourth-order valence-electron chi connectivity index (χ4n) is 2.20. The predicted molar refractivity (Wildman–Crippen MR) is 91.2 cm³/mol. The van der Waals surface area contributed by atoms with Crippen molar-refractivity contribution in [3.05, 3.63) is 0 Å². The Kier molecular flexibility index (Phi) is 6.10. The zero-order chi connectivity index (χ0) is 17.2. The first-order valence-corrected chi connectivity index (χ1v) is 9.35. The van der Waals surface area contributed by atoms with Gasteiger partial charge in [0, 0.05) is 27.2 Å². The summed E-state index contributed by atoms with van der Waals surface area (Å²) in [6.07, 6.45) is 2.18. The molecule has 1 aliphatic heterocycles. The molecule has 1 fully saturated rings. The third-order valence-corrected chi connectivity index (χ3v) is 4.89. The normalized spacial score (nSPS) is 18.5. The van der Waals surface area contributed by atoms with E-state index in [1.165, 1.54) is 0 Å². The van der Waals surface area contributed by atoms with Gasteiger partial charge in [-0.15, -0.1) is 4.76 Å². The molecular weight excluding hydrogens is 301 g/mol. The average molecular weight is 333 g/mol. The molecule has 0 bridgehead atoms. The summed E-state index contributed by atoms with van der Waals surface area (Å²) in [6, 6.07) is 0. The summed E-state index contributed by atoms with van der Waals surface area (Å²) in [7, 11) is 0.295. The molecule has 0 aromatic carbocycles. The third-order valence-electron chi connectivity index (χ3n) is 2.91. The minimum absolute atomic E-state index is 0.604. The number of hydrogen-bond acceptors (Lipinski definition) is 3. The molecule has 0 radical (unpaired) electrons. The van der Waals surface area contributed by atoms with Crippen LogP contribution in [0.15, 0.2) is 4.76 Å². The first kappa shape index (κ1) is 19.5. The van der Waals surface area contributed by atoms with E-state index in [0.29, 0.717) is 5.96 Å². The SMILES string of the molecule is CN1CCCCN(C)C1=NP(=O)(OC(C)(C)C)OC(C)(C)C. The zero-order valence-corrected chi connectivity index (χ0v) is 16.2. The summed E-state index contributed by atoms with van der Waals surface area (Å²) in [6.45, 7) is 12.9. The molecule has 0 saturated carbocycles. The molecule has 1 aliphatic rings. The number of guanidine groups is 1. The fraction of sp³-hybridized carbons (Fsp3) is 0.933. The van der Waals surface area contributed by atoms with Crippen LogP contribution in [0.4, 0.5) is 0 Å². The Morgan fingerprint density at radius 2 is 1.27 bits per heavy atom. The maximum absolute atomic E-state index is 13.2. The van der Waals surface area contributed by atoms with Crippen molar-refractivity contribution in [3.63, 3.8) is 0 Å². The van der Waals surface area contributed by atoms with E-state index in [1.807, 2.05) is 65.4 Å². The molecule has 0 atom stereocenters. The Bertz CT molecular complexity index is 418. The van der Waals surface area contributed by atoms with E-state index in [4.69, 9.17) is 9.05 Å². The van der Waals surface area contributed by atoms with Crippen molar-refractivity contribution in [2.75, 3.05) is 27.2 Å². The lowest BCUT2D eigenvalue weighted by Crippen LogP contribution is -2.39. The lowest BCUT2D eigenvalue weighted by molar-refractivity contribution is 0.0493. The van der Waals surface area contributed by atoms with E-state index in [-0.39, 0.29) is 0 Å². The minimum Gasteiger partial charge on any atom is -0.345 e. The molecule has 7 heteroatoms. The second kappa shape index (κ2) is 6.90. The second-order valence-electron chi connectivity index (χ2n) is 7.83. The summed E-state index contributed by atoms with van der Waals surface area (Å²) in [5, 5.41) is 0. The van der Waals surface area contributed by atoms with E-state index >= 15 is 0 Å². The zero-order valence-electron chi connectivity index (χ0n) is 15.3. The van der Waals surface area contributed by atoms with E-state index in [9.17, 15) is 4.57 Å². The Morgan fingerprint density at radius 1 is 0.909 bits per heavy atom. The summed E-state index contributed by atoms with van der Waals surface area (Å²) >= 11 is 0. The van der Waals surface area contributed by atoms with E-state index in [0.717, 1.165) is 25.9 Å². The van der Waals surface area contributed by atoms with Crippen molar-refractivity contribution in [2.45, 2.75) is 65.6 Å². The molecule has 0 unspecified atom stereocenters. The second-order valence-corrected chi connectivity index (χ2v) is 9.33. The number of rotatable bonds is 3. The predicted octanol–water partition coefficient (Wildman–Crippen LogP) is 3.74. The highest BCUT2D eigenvalue weighted by molar-refractivity contribution is 7.52. The van der Waals surface area contributed by atoms with Crippen molar-refractivity contribution < 1.29 is 13.6 Å². The largest absolute Gasteiger partial charge is 0.458 e. The Morgan fingerprint density at radius 3 is 1.59 bits per heavy atom. The van der Waals surface area contributed by atoms with Gasteiger partial charge in [-0.05, 0) is 54.4 Å². The Labute approximate surface area is 135 Å².